The summed E-state index contributed by atoms with van der Waals surface area (Å²) in [6.07, 6.45) is 2.61. The number of carbonyl (C=O) groups excluding carboxylic acids is 2. The van der Waals surface area contributed by atoms with E-state index in [1.165, 1.54) is 6.07 Å². The third kappa shape index (κ3) is 6.85. The summed E-state index contributed by atoms with van der Waals surface area (Å²) in [6.45, 7) is 2.34. The molecule has 2 amide bonds. The Kier molecular flexibility index (Phi) is 8.58. The molecule has 3 rings (SSSR count). The zero-order valence-corrected chi connectivity index (χ0v) is 19.7. The van der Waals surface area contributed by atoms with Crippen molar-refractivity contribution in [2.75, 3.05) is 13.1 Å². The number of amides is 2. The molecule has 1 aliphatic carbocycles. The lowest BCUT2D eigenvalue weighted by molar-refractivity contribution is -0.143. The van der Waals surface area contributed by atoms with Gasteiger partial charge in [0.25, 0.3) is 11.8 Å². The van der Waals surface area contributed by atoms with Gasteiger partial charge in [-0.1, -0.05) is 23.2 Å². The van der Waals surface area contributed by atoms with Gasteiger partial charge in [0, 0.05) is 24.2 Å². The van der Waals surface area contributed by atoms with Crippen LogP contribution in [0.25, 0.3) is 0 Å². The number of benzene rings is 2. The number of nitrogens with one attached hydrogen (secondary N) is 2. The first-order valence-corrected chi connectivity index (χ1v) is 11.5. The molecule has 0 radical (unpaired) electrons. The zero-order valence-electron chi connectivity index (χ0n) is 18.2. The third-order valence-corrected chi connectivity index (χ3v) is 6.39. The SMILES string of the molecule is Cc1cc(O[C@H]2CC[C@@H](C(=O)O)CC2)ccc1C(=O)NCCNC(=O)c1ccc(Cl)c(Cl)c1. The minimum Gasteiger partial charge on any atom is -0.490 e. The smallest absolute Gasteiger partial charge is 0.306 e. The van der Waals surface area contributed by atoms with Gasteiger partial charge in [0.15, 0.2) is 0 Å². The topological polar surface area (TPSA) is 105 Å². The first-order valence-electron chi connectivity index (χ1n) is 10.8. The van der Waals surface area contributed by atoms with Gasteiger partial charge in [0.2, 0.25) is 0 Å². The molecule has 2 aromatic rings. The first-order chi connectivity index (χ1) is 15.7. The normalized spacial score (nSPS) is 17.8. The summed E-state index contributed by atoms with van der Waals surface area (Å²) in [4.78, 5) is 35.7. The number of aryl methyl sites for hydroxylation is 1. The van der Waals surface area contributed by atoms with Gasteiger partial charge < -0.3 is 20.5 Å². The van der Waals surface area contributed by atoms with Gasteiger partial charge in [0.05, 0.1) is 22.1 Å². The first kappa shape index (κ1) is 24.9. The fourth-order valence-corrected chi connectivity index (χ4v) is 4.07. The van der Waals surface area contributed by atoms with Crippen molar-refractivity contribution in [1.29, 1.82) is 0 Å². The molecule has 7 nitrogen and oxygen atoms in total. The van der Waals surface area contributed by atoms with Gasteiger partial charge >= 0.3 is 5.97 Å². The molecule has 0 heterocycles. The lowest BCUT2D eigenvalue weighted by Crippen LogP contribution is -2.35. The molecule has 9 heteroatoms. The molecular weight excluding hydrogens is 467 g/mol. The molecule has 0 bridgehead atoms. The molecule has 2 aromatic carbocycles. The molecule has 176 valence electrons. The quantitative estimate of drug-likeness (QED) is 0.471. The maximum Gasteiger partial charge on any atom is 0.306 e. The van der Waals surface area contributed by atoms with Crippen LogP contribution in [0.2, 0.25) is 10.0 Å². The molecule has 0 aliphatic heterocycles. The molecule has 1 fully saturated rings. The average Bonchev–Trinajstić information content (AvgIpc) is 2.78. The van der Waals surface area contributed by atoms with Gasteiger partial charge in [-0.3, -0.25) is 14.4 Å². The van der Waals surface area contributed by atoms with Crippen LogP contribution in [0.5, 0.6) is 5.75 Å². The van der Waals surface area contributed by atoms with Crippen LogP contribution < -0.4 is 15.4 Å². The fraction of sp³-hybridized carbons (Fsp3) is 0.375. The van der Waals surface area contributed by atoms with Crippen LogP contribution in [0.4, 0.5) is 0 Å². The Balaban J connectivity index is 1.45. The number of carbonyl (C=O) groups is 3. The zero-order chi connectivity index (χ0) is 24.0. The Morgan fingerprint density at radius 3 is 2.21 bits per heavy atom. The molecular formula is C24H26Cl2N2O5. The number of ether oxygens (including phenoxy) is 1. The van der Waals surface area contributed by atoms with Gasteiger partial charge in [-0.15, -0.1) is 0 Å². The van der Waals surface area contributed by atoms with E-state index in [9.17, 15) is 14.4 Å². The van der Waals surface area contributed by atoms with Gasteiger partial charge in [-0.25, -0.2) is 0 Å². The van der Waals surface area contributed by atoms with Gasteiger partial charge in [0.1, 0.15) is 5.75 Å². The number of hydrogen-bond acceptors (Lipinski definition) is 4. The molecule has 33 heavy (non-hydrogen) atoms. The third-order valence-electron chi connectivity index (χ3n) is 5.65. The van der Waals surface area contributed by atoms with Gasteiger partial charge in [-0.05, 0) is 74.6 Å². The molecule has 0 unspecified atom stereocenters. The Hall–Kier alpha value is -2.77. The highest BCUT2D eigenvalue weighted by atomic mass is 35.5. The number of halogens is 2. The predicted molar refractivity (Wildman–Crippen MR) is 126 cm³/mol. The van der Waals surface area contributed by atoms with Crippen LogP contribution >= 0.6 is 23.2 Å². The van der Waals surface area contributed by atoms with Gasteiger partial charge in [-0.2, -0.15) is 0 Å². The second-order valence-corrected chi connectivity index (χ2v) is 8.86. The summed E-state index contributed by atoms with van der Waals surface area (Å²) in [6, 6.07) is 9.88. The highest BCUT2D eigenvalue weighted by molar-refractivity contribution is 6.42. The molecule has 0 spiro atoms. The minimum absolute atomic E-state index is 0.0150. The summed E-state index contributed by atoms with van der Waals surface area (Å²) in [5, 5.41) is 15.3. The number of aliphatic carboxylic acids is 1. The van der Waals surface area contributed by atoms with Crippen molar-refractivity contribution >= 4 is 41.0 Å². The minimum atomic E-state index is -0.742. The van der Waals surface area contributed by atoms with E-state index in [1.54, 1.807) is 24.3 Å². The molecule has 0 saturated heterocycles. The number of hydrogen-bond donors (Lipinski definition) is 3. The van der Waals surface area contributed by atoms with Crippen molar-refractivity contribution in [3.63, 3.8) is 0 Å². The number of carboxylic acids is 1. The van der Waals surface area contributed by atoms with E-state index in [-0.39, 0.29) is 36.9 Å². The Labute approximate surface area is 202 Å². The molecule has 0 aromatic heterocycles. The Morgan fingerprint density at radius 1 is 0.939 bits per heavy atom. The summed E-state index contributed by atoms with van der Waals surface area (Å²) in [7, 11) is 0. The lowest BCUT2D eigenvalue weighted by atomic mass is 9.87. The van der Waals surface area contributed by atoms with Crippen molar-refractivity contribution in [2.45, 2.75) is 38.7 Å². The number of carboxylic acid groups (broad SMARTS) is 1. The number of rotatable bonds is 8. The van der Waals surface area contributed by atoms with E-state index in [0.717, 1.165) is 5.56 Å². The van der Waals surface area contributed by atoms with Crippen molar-refractivity contribution in [3.8, 4) is 5.75 Å². The monoisotopic (exact) mass is 492 g/mol. The lowest BCUT2D eigenvalue weighted by Gasteiger charge is -2.27. The average molecular weight is 493 g/mol. The molecule has 1 aliphatic rings. The van der Waals surface area contributed by atoms with Crippen molar-refractivity contribution < 1.29 is 24.2 Å². The van der Waals surface area contributed by atoms with Crippen LogP contribution in [0.3, 0.4) is 0 Å². The standard InChI is InChI=1S/C24H26Cl2N2O5/c1-14-12-18(33-17-5-2-15(3-6-17)24(31)32)7-8-19(14)23(30)28-11-10-27-22(29)16-4-9-20(25)21(26)13-16/h4,7-9,12-13,15,17H,2-3,5-6,10-11H2,1H3,(H,27,29)(H,28,30)(H,31,32)/t15-,17+. The van der Waals surface area contributed by atoms with Crippen LogP contribution in [0, 0.1) is 12.8 Å². The summed E-state index contributed by atoms with van der Waals surface area (Å²) in [5.74, 6) is -0.917. The van der Waals surface area contributed by atoms with E-state index < -0.39 is 5.97 Å². The van der Waals surface area contributed by atoms with E-state index in [4.69, 9.17) is 33.0 Å². The van der Waals surface area contributed by atoms with Crippen LogP contribution in [-0.4, -0.2) is 42.1 Å². The Bertz CT molecular complexity index is 1040. The van der Waals surface area contributed by atoms with E-state index in [0.29, 0.717) is 52.6 Å². The van der Waals surface area contributed by atoms with E-state index >= 15 is 0 Å². The Morgan fingerprint density at radius 2 is 1.61 bits per heavy atom. The highest BCUT2D eigenvalue weighted by Gasteiger charge is 2.27. The summed E-state index contributed by atoms with van der Waals surface area (Å²) >= 11 is 11.8. The van der Waals surface area contributed by atoms with Crippen LogP contribution in [0.15, 0.2) is 36.4 Å². The molecule has 3 N–H and O–H groups in total. The van der Waals surface area contributed by atoms with E-state index in [1.807, 2.05) is 13.0 Å². The maximum atomic E-state index is 12.5. The predicted octanol–water partition coefficient (Wildman–Crippen LogP) is 4.48. The highest BCUT2D eigenvalue weighted by Crippen LogP contribution is 2.28. The summed E-state index contributed by atoms with van der Waals surface area (Å²) in [5.41, 5.74) is 1.68. The van der Waals surface area contributed by atoms with Crippen LogP contribution in [0.1, 0.15) is 52.0 Å². The van der Waals surface area contributed by atoms with Crippen molar-refractivity contribution in [3.05, 3.63) is 63.1 Å². The van der Waals surface area contributed by atoms with E-state index in [2.05, 4.69) is 10.6 Å². The second kappa shape index (κ2) is 11.4. The van der Waals surface area contributed by atoms with Crippen LogP contribution in [-0.2, 0) is 4.79 Å². The second-order valence-electron chi connectivity index (χ2n) is 8.05. The maximum absolute atomic E-state index is 12.5. The summed E-state index contributed by atoms with van der Waals surface area (Å²) < 4.78 is 5.99. The van der Waals surface area contributed by atoms with Crippen molar-refractivity contribution in [1.82, 2.24) is 10.6 Å². The largest absolute Gasteiger partial charge is 0.490 e. The molecule has 0 atom stereocenters. The fourth-order valence-electron chi connectivity index (χ4n) is 3.77. The van der Waals surface area contributed by atoms with Crippen molar-refractivity contribution in [2.24, 2.45) is 5.92 Å². The molecule has 1 saturated carbocycles.